The highest BCUT2D eigenvalue weighted by molar-refractivity contribution is 7.89. The fraction of sp³-hybridized carbons (Fsp3) is 0.485. The molecular weight excluding hydrogens is 621 g/mol. The number of piperidine rings is 1. The minimum atomic E-state index is -4.65. The van der Waals surface area contributed by atoms with E-state index >= 15 is 0 Å². The van der Waals surface area contributed by atoms with Gasteiger partial charge < -0.3 is 15.0 Å². The average Bonchev–Trinajstić information content (AvgIpc) is 3.33. The summed E-state index contributed by atoms with van der Waals surface area (Å²) < 4.78 is 75.0. The maximum Gasteiger partial charge on any atom is 0.416 e. The van der Waals surface area contributed by atoms with Crippen molar-refractivity contribution in [3.05, 3.63) is 76.4 Å². The third-order valence-electron chi connectivity index (χ3n) is 8.83. The first-order chi connectivity index (χ1) is 21.8. The van der Waals surface area contributed by atoms with Crippen molar-refractivity contribution in [2.45, 2.75) is 63.6 Å². The summed E-state index contributed by atoms with van der Waals surface area (Å²) in [5, 5.41) is 2.64. The van der Waals surface area contributed by atoms with Crippen LogP contribution < -0.4 is 10.1 Å². The van der Waals surface area contributed by atoms with E-state index in [1.165, 1.54) is 10.4 Å². The molecule has 7 bridgehead atoms. The molecule has 0 aromatic heterocycles. The molecule has 0 unspecified atom stereocenters. The van der Waals surface area contributed by atoms with Gasteiger partial charge in [0.05, 0.1) is 17.9 Å². The monoisotopic (exact) mass is 660 g/mol. The standard InChI is InChI=1S/C33H39F3N4O5S/c1-23-19-25-10-9-24(23)11-18-46(43,44)40-15-12-32(13-16-40)31(42)37-29(38-32)26-20-27(33(34,35)36)22-28(21-26)45-17-8-6-4-3-5-7-14-39(2)30(25)41/h4,6,9-10,19-22H,3,5,7-8,11-18H2,1-2H3,(H,37,38,42)/b6-4+. The fourth-order valence-corrected chi connectivity index (χ4v) is 7.48. The molecule has 7 rings (SSSR count). The molecule has 0 aliphatic carbocycles. The van der Waals surface area contributed by atoms with Gasteiger partial charge in [-0.25, -0.2) is 12.7 Å². The molecule has 1 N–H and O–H groups in total. The lowest BCUT2D eigenvalue weighted by Crippen LogP contribution is -2.50. The first-order valence-corrected chi connectivity index (χ1v) is 17.1. The van der Waals surface area contributed by atoms with Crippen LogP contribution in [0.15, 0.2) is 53.5 Å². The fourth-order valence-electron chi connectivity index (χ4n) is 6.00. The van der Waals surface area contributed by atoms with Crippen molar-refractivity contribution in [1.29, 1.82) is 0 Å². The maximum atomic E-state index is 13.8. The normalized spacial score (nSPS) is 25.4. The second kappa shape index (κ2) is 13.6. The molecule has 13 heteroatoms. The summed E-state index contributed by atoms with van der Waals surface area (Å²) in [5.74, 6) is -0.692. The molecule has 0 saturated carbocycles. The molecule has 5 aliphatic heterocycles. The molecular formula is C33H39F3N4O5S. The predicted octanol–water partition coefficient (Wildman–Crippen LogP) is 4.88. The van der Waals surface area contributed by atoms with Crippen LogP contribution in [0.5, 0.6) is 5.75 Å². The van der Waals surface area contributed by atoms with Gasteiger partial charge in [0.1, 0.15) is 17.1 Å². The van der Waals surface area contributed by atoms with E-state index < -0.39 is 33.2 Å². The van der Waals surface area contributed by atoms with E-state index in [4.69, 9.17) is 4.74 Å². The number of aliphatic imine (C=N–C) groups is 1. The van der Waals surface area contributed by atoms with Crippen molar-refractivity contribution in [3.8, 4) is 5.75 Å². The first kappa shape index (κ1) is 33.6. The van der Waals surface area contributed by atoms with Crippen LogP contribution in [0.2, 0.25) is 0 Å². The van der Waals surface area contributed by atoms with Crippen LogP contribution in [0.1, 0.15) is 71.1 Å². The molecule has 1 spiro atoms. The van der Waals surface area contributed by atoms with Crippen molar-refractivity contribution in [2.75, 3.05) is 39.0 Å². The highest BCUT2D eigenvalue weighted by Crippen LogP contribution is 2.36. The van der Waals surface area contributed by atoms with Gasteiger partial charge in [-0.05, 0) is 93.3 Å². The van der Waals surface area contributed by atoms with Gasteiger partial charge in [-0.1, -0.05) is 18.2 Å². The SMILES string of the molecule is Cc1cc2ccc1CCS(=O)(=O)N1CCC3(CC1)N=C(NC3=O)c1cc(cc(C(F)(F)F)c1)OCC/C=C/CCCCN(C)C2=O. The Hall–Kier alpha value is -3.71. The van der Waals surface area contributed by atoms with Gasteiger partial charge in [-0.2, -0.15) is 13.2 Å². The number of hydrogen-bond donors (Lipinski definition) is 1. The van der Waals surface area contributed by atoms with E-state index in [2.05, 4.69) is 10.3 Å². The molecule has 2 aromatic carbocycles. The van der Waals surface area contributed by atoms with Crippen LogP contribution in [-0.2, 0) is 27.4 Å². The summed E-state index contributed by atoms with van der Waals surface area (Å²) in [6.45, 7) is 2.69. The maximum absolute atomic E-state index is 13.8. The minimum absolute atomic E-state index is 0.00558. The zero-order chi connectivity index (χ0) is 33.1. The topological polar surface area (TPSA) is 108 Å². The molecule has 2 amide bonds. The average molecular weight is 661 g/mol. The molecule has 5 heterocycles. The molecule has 2 aromatic rings. The molecule has 9 nitrogen and oxygen atoms in total. The molecule has 46 heavy (non-hydrogen) atoms. The van der Waals surface area contributed by atoms with Crippen LogP contribution in [0, 0.1) is 6.92 Å². The van der Waals surface area contributed by atoms with E-state index in [0.717, 1.165) is 42.5 Å². The minimum Gasteiger partial charge on any atom is -0.493 e. The Morgan fingerprint density at radius 3 is 2.41 bits per heavy atom. The summed E-state index contributed by atoms with van der Waals surface area (Å²) in [4.78, 5) is 32.4. The van der Waals surface area contributed by atoms with Gasteiger partial charge in [0.15, 0.2) is 0 Å². The lowest BCUT2D eigenvalue weighted by molar-refractivity contribution is -0.137. The summed E-state index contributed by atoms with van der Waals surface area (Å²) in [6, 6.07) is 8.61. The van der Waals surface area contributed by atoms with Crippen molar-refractivity contribution >= 4 is 27.7 Å². The number of ether oxygens (including phenoxy) is 1. The Kier molecular flexibility index (Phi) is 9.92. The van der Waals surface area contributed by atoms with Gasteiger partial charge in [-0.15, -0.1) is 0 Å². The Morgan fingerprint density at radius 2 is 1.70 bits per heavy atom. The zero-order valence-electron chi connectivity index (χ0n) is 26.0. The number of nitrogens with zero attached hydrogens (tertiary/aromatic N) is 3. The molecule has 1 fully saturated rings. The summed E-state index contributed by atoms with van der Waals surface area (Å²) >= 11 is 0. The van der Waals surface area contributed by atoms with Gasteiger partial charge in [-0.3, -0.25) is 14.6 Å². The summed E-state index contributed by atoms with van der Waals surface area (Å²) in [6.07, 6.45) is 2.63. The van der Waals surface area contributed by atoms with Crippen LogP contribution in [-0.4, -0.2) is 79.9 Å². The Labute approximate surface area is 267 Å². The van der Waals surface area contributed by atoms with Crippen LogP contribution in [0.3, 0.4) is 0 Å². The molecule has 248 valence electrons. The Bertz CT molecular complexity index is 1650. The summed E-state index contributed by atoms with van der Waals surface area (Å²) in [5.41, 5.74) is 0.0916. The van der Waals surface area contributed by atoms with E-state index in [1.54, 1.807) is 30.1 Å². The first-order valence-electron chi connectivity index (χ1n) is 15.5. The highest BCUT2D eigenvalue weighted by atomic mass is 32.2. The number of rotatable bonds is 0. The number of benzene rings is 2. The van der Waals surface area contributed by atoms with Crippen LogP contribution in [0.4, 0.5) is 13.2 Å². The number of amidine groups is 1. The second-order valence-corrected chi connectivity index (χ2v) is 14.2. The van der Waals surface area contributed by atoms with Crippen LogP contribution >= 0.6 is 0 Å². The van der Waals surface area contributed by atoms with Gasteiger partial charge in [0, 0.05) is 37.8 Å². The largest absolute Gasteiger partial charge is 0.493 e. The predicted molar refractivity (Wildman–Crippen MR) is 168 cm³/mol. The number of alkyl halides is 3. The quantitative estimate of drug-likeness (QED) is 0.406. The van der Waals surface area contributed by atoms with Gasteiger partial charge >= 0.3 is 6.18 Å². The Morgan fingerprint density at radius 1 is 0.957 bits per heavy atom. The van der Waals surface area contributed by atoms with Gasteiger partial charge in [0.2, 0.25) is 10.0 Å². The Balaban J connectivity index is 1.40. The van der Waals surface area contributed by atoms with E-state index in [1.807, 2.05) is 19.1 Å². The lowest BCUT2D eigenvalue weighted by Gasteiger charge is -2.34. The number of hydrogen-bond acceptors (Lipinski definition) is 6. The van der Waals surface area contributed by atoms with Crippen molar-refractivity contribution in [3.63, 3.8) is 0 Å². The number of aryl methyl sites for hydroxylation is 2. The van der Waals surface area contributed by atoms with Crippen molar-refractivity contribution in [2.24, 2.45) is 4.99 Å². The number of nitrogens with one attached hydrogen (secondary N) is 1. The highest BCUT2D eigenvalue weighted by Gasteiger charge is 2.47. The third-order valence-corrected chi connectivity index (χ3v) is 10.7. The number of amides is 2. The second-order valence-electron chi connectivity index (χ2n) is 12.1. The molecule has 0 radical (unpaired) electrons. The van der Waals surface area contributed by atoms with E-state index in [-0.39, 0.29) is 67.8 Å². The number of fused-ring (bicyclic) bond motifs is 2. The number of halogens is 3. The molecule has 1 saturated heterocycles. The van der Waals surface area contributed by atoms with Crippen molar-refractivity contribution in [1.82, 2.24) is 14.5 Å². The van der Waals surface area contributed by atoms with Gasteiger partial charge in [0.25, 0.3) is 11.8 Å². The van der Waals surface area contributed by atoms with E-state index in [9.17, 15) is 31.2 Å². The third kappa shape index (κ3) is 7.63. The molecule has 5 aliphatic rings. The summed E-state index contributed by atoms with van der Waals surface area (Å²) in [7, 11) is -1.92. The number of sulfonamides is 1. The lowest BCUT2D eigenvalue weighted by atomic mass is 9.89. The number of carbonyl (C=O) groups is 2. The van der Waals surface area contributed by atoms with Crippen molar-refractivity contribution < 1.29 is 35.9 Å². The number of carbonyl (C=O) groups excluding carboxylic acids is 2. The number of allylic oxidation sites excluding steroid dienone is 1. The smallest absolute Gasteiger partial charge is 0.416 e. The molecule has 0 atom stereocenters. The van der Waals surface area contributed by atoms with Crippen LogP contribution in [0.25, 0.3) is 0 Å². The zero-order valence-corrected chi connectivity index (χ0v) is 26.8. The van der Waals surface area contributed by atoms with E-state index in [0.29, 0.717) is 18.5 Å².